The molecule has 134 valence electrons. The van der Waals surface area contributed by atoms with Gasteiger partial charge >= 0.3 is 0 Å². The molecule has 2 heterocycles. The van der Waals surface area contributed by atoms with Gasteiger partial charge < -0.3 is 4.74 Å². The third kappa shape index (κ3) is 2.89. The van der Waals surface area contributed by atoms with E-state index >= 15 is 0 Å². The maximum absolute atomic E-state index is 12.9. The first kappa shape index (κ1) is 17.7. The first-order valence-electron chi connectivity index (χ1n) is 8.35. The molecule has 1 aliphatic rings. The second-order valence-electron chi connectivity index (χ2n) is 6.29. The quantitative estimate of drug-likeness (QED) is 0.635. The Kier molecular flexibility index (Phi) is 4.42. The minimum atomic E-state index is -0.0834. The van der Waals surface area contributed by atoms with Crippen molar-refractivity contribution in [2.75, 3.05) is 12.0 Å². The zero-order valence-electron chi connectivity index (χ0n) is 14.8. The normalized spacial score (nSPS) is 12.8. The van der Waals surface area contributed by atoms with Crippen molar-refractivity contribution < 1.29 is 9.53 Å². The number of ether oxygens (including phenoxy) is 1. The number of fused-ring (bicyclic) bond motifs is 1. The number of nitriles is 1. The van der Waals surface area contributed by atoms with Gasteiger partial charge in [0, 0.05) is 20.9 Å². The van der Waals surface area contributed by atoms with E-state index in [-0.39, 0.29) is 5.91 Å². The number of benzene rings is 2. The Morgan fingerprint density at radius 3 is 2.63 bits per heavy atom. The largest absolute Gasteiger partial charge is 0.497 e. The van der Waals surface area contributed by atoms with Gasteiger partial charge in [-0.2, -0.15) is 5.26 Å². The van der Waals surface area contributed by atoms with Gasteiger partial charge in [0.15, 0.2) is 0 Å². The van der Waals surface area contributed by atoms with Crippen molar-refractivity contribution in [2.24, 2.45) is 0 Å². The summed E-state index contributed by atoms with van der Waals surface area (Å²) < 4.78 is 5.22. The third-order valence-electron chi connectivity index (χ3n) is 4.70. The zero-order valence-corrected chi connectivity index (χ0v) is 16.5. The predicted molar refractivity (Wildman–Crippen MR) is 110 cm³/mol. The summed E-state index contributed by atoms with van der Waals surface area (Å²) in [7, 11) is 1.62. The summed E-state index contributed by atoms with van der Waals surface area (Å²) in [4.78, 5) is 16.4. The second-order valence-corrected chi connectivity index (χ2v) is 8.01. The Bertz CT molecular complexity index is 1090. The van der Waals surface area contributed by atoms with Crippen LogP contribution in [-0.2, 0) is 6.54 Å². The Labute approximate surface area is 167 Å². The van der Waals surface area contributed by atoms with Gasteiger partial charge in [0.1, 0.15) is 16.8 Å². The minimum absolute atomic E-state index is 0.0834. The van der Waals surface area contributed by atoms with E-state index in [4.69, 9.17) is 4.74 Å². The molecule has 0 atom stereocenters. The molecule has 27 heavy (non-hydrogen) atoms. The maximum atomic E-state index is 12.9. The van der Waals surface area contributed by atoms with E-state index in [0.29, 0.717) is 22.7 Å². The van der Waals surface area contributed by atoms with Crippen LogP contribution in [0.15, 0.2) is 47.4 Å². The van der Waals surface area contributed by atoms with Gasteiger partial charge in [-0.15, -0.1) is 24.0 Å². The van der Waals surface area contributed by atoms with Gasteiger partial charge in [-0.1, -0.05) is 18.2 Å². The van der Waals surface area contributed by atoms with Gasteiger partial charge in [0.2, 0.25) is 0 Å². The highest BCUT2D eigenvalue weighted by Gasteiger charge is 2.32. The lowest BCUT2D eigenvalue weighted by molar-refractivity contribution is 0.0997. The average molecular weight is 393 g/mol. The fraction of sp³-hybridized carbons (Fsp3) is 0.143. The summed E-state index contributed by atoms with van der Waals surface area (Å²) in [5.41, 5.74) is 3.96. The van der Waals surface area contributed by atoms with Crippen LogP contribution in [0.5, 0.6) is 5.75 Å². The fourth-order valence-corrected chi connectivity index (χ4v) is 4.71. The molecule has 4 rings (SSSR count). The van der Waals surface area contributed by atoms with Gasteiger partial charge in [-0.3, -0.25) is 9.69 Å². The summed E-state index contributed by atoms with van der Waals surface area (Å²) in [6.07, 6.45) is 0. The molecule has 0 saturated heterocycles. The molecule has 6 heteroatoms. The highest BCUT2D eigenvalue weighted by molar-refractivity contribution is 7.80. The number of methoxy groups -OCH3 is 1. The van der Waals surface area contributed by atoms with E-state index in [9.17, 15) is 10.1 Å². The summed E-state index contributed by atoms with van der Waals surface area (Å²) in [6, 6.07) is 15.5. The molecule has 0 fully saturated rings. The van der Waals surface area contributed by atoms with Gasteiger partial charge in [0.25, 0.3) is 5.91 Å². The third-order valence-corrected chi connectivity index (χ3v) is 6.11. The average Bonchev–Trinajstić information content (AvgIpc) is 3.18. The van der Waals surface area contributed by atoms with Crippen LogP contribution >= 0.6 is 24.0 Å². The van der Waals surface area contributed by atoms with Gasteiger partial charge in [-0.05, 0) is 42.3 Å². The number of hydrogen-bond acceptors (Lipinski definition) is 5. The first-order valence-corrected chi connectivity index (χ1v) is 9.61. The topological polar surface area (TPSA) is 53.3 Å². The lowest BCUT2D eigenvalue weighted by Crippen LogP contribution is -2.22. The van der Waals surface area contributed by atoms with Crippen molar-refractivity contribution in [2.45, 2.75) is 18.4 Å². The number of thiol groups is 1. The van der Waals surface area contributed by atoms with E-state index in [1.807, 2.05) is 43.3 Å². The summed E-state index contributed by atoms with van der Waals surface area (Å²) in [6.45, 7) is 2.45. The van der Waals surface area contributed by atoms with E-state index in [1.165, 1.54) is 11.3 Å². The highest BCUT2D eigenvalue weighted by Crippen LogP contribution is 2.44. The maximum Gasteiger partial charge on any atom is 0.259 e. The molecular formula is C21H16N2O2S2. The molecule has 0 spiro atoms. The molecule has 0 N–H and O–H groups in total. The zero-order chi connectivity index (χ0) is 19.1. The number of anilines is 1. The molecule has 1 aliphatic heterocycles. The Hall–Kier alpha value is -2.75. The second kappa shape index (κ2) is 6.76. The van der Waals surface area contributed by atoms with Crippen LogP contribution in [-0.4, -0.2) is 13.0 Å². The monoisotopic (exact) mass is 392 g/mol. The van der Waals surface area contributed by atoms with E-state index in [0.717, 1.165) is 32.2 Å². The molecular weight excluding hydrogens is 376 g/mol. The molecule has 3 aromatic rings. The smallest absolute Gasteiger partial charge is 0.259 e. The molecule has 0 aliphatic carbocycles. The molecule has 4 nitrogen and oxygen atoms in total. The van der Waals surface area contributed by atoms with Crippen LogP contribution in [0.3, 0.4) is 0 Å². The van der Waals surface area contributed by atoms with Crippen molar-refractivity contribution in [3.63, 3.8) is 0 Å². The summed E-state index contributed by atoms with van der Waals surface area (Å²) >= 11 is 5.81. The Morgan fingerprint density at radius 1 is 1.22 bits per heavy atom. The van der Waals surface area contributed by atoms with E-state index in [1.54, 1.807) is 18.1 Å². The van der Waals surface area contributed by atoms with Crippen LogP contribution in [0.1, 0.15) is 26.4 Å². The number of hydrogen-bond donors (Lipinski definition) is 1. The van der Waals surface area contributed by atoms with E-state index < -0.39 is 0 Å². The van der Waals surface area contributed by atoms with E-state index in [2.05, 4.69) is 18.7 Å². The molecule has 0 saturated carbocycles. The lowest BCUT2D eigenvalue weighted by atomic mass is 10.0. The molecule has 0 bridgehead atoms. The van der Waals surface area contributed by atoms with Crippen molar-refractivity contribution >= 4 is 34.9 Å². The van der Waals surface area contributed by atoms with Crippen molar-refractivity contribution in [1.29, 1.82) is 5.26 Å². The number of rotatable bonds is 3. The molecule has 2 aromatic carbocycles. The molecule has 0 radical (unpaired) electrons. The fourth-order valence-electron chi connectivity index (χ4n) is 3.38. The molecule has 0 unspecified atom stereocenters. The number of amides is 1. The number of carbonyl (C=O) groups excluding carboxylic acids is 1. The minimum Gasteiger partial charge on any atom is -0.497 e. The SMILES string of the molecule is COc1ccc(-c2c(C)sc(N3Cc4ccc(S)cc4C3=O)c2C#N)cc1. The van der Waals surface area contributed by atoms with Crippen molar-refractivity contribution in [3.8, 4) is 22.9 Å². The number of nitrogens with zero attached hydrogens (tertiary/aromatic N) is 2. The summed E-state index contributed by atoms with van der Waals surface area (Å²) in [5.74, 6) is 0.679. The lowest BCUT2D eigenvalue weighted by Gasteiger charge is -2.14. The number of thiophene rings is 1. The highest BCUT2D eigenvalue weighted by atomic mass is 32.1. The van der Waals surface area contributed by atoms with Crippen LogP contribution in [0, 0.1) is 18.3 Å². The molecule has 1 amide bonds. The van der Waals surface area contributed by atoms with Gasteiger partial charge in [-0.25, -0.2) is 0 Å². The van der Waals surface area contributed by atoms with Crippen molar-refractivity contribution in [3.05, 3.63) is 64.0 Å². The number of carbonyl (C=O) groups is 1. The summed E-state index contributed by atoms with van der Waals surface area (Å²) in [5, 5.41) is 10.6. The Morgan fingerprint density at radius 2 is 1.96 bits per heavy atom. The molecule has 1 aromatic heterocycles. The standard InChI is InChI=1S/C21H16N2O2S2/c1-12-19(13-3-6-15(25-2)7-4-13)18(10-22)21(27-12)23-11-14-5-8-16(26)9-17(14)20(23)24/h3-9,26H,11H2,1-2H3. The van der Waals surface area contributed by atoms with Gasteiger partial charge in [0.05, 0.1) is 19.2 Å². The van der Waals surface area contributed by atoms with Crippen LogP contribution < -0.4 is 9.64 Å². The van der Waals surface area contributed by atoms with Crippen LogP contribution in [0.4, 0.5) is 5.00 Å². The van der Waals surface area contributed by atoms with Crippen molar-refractivity contribution in [1.82, 2.24) is 0 Å². The van der Waals surface area contributed by atoms with Crippen LogP contribution in [0.25, 0.3) is 11.1 Å². The Balaban J connectivity index is 1.79. The number of aryl methyl sites for hydroxylation is 1. The first-order chi connectivity index (χ1) is 13.0. The van der Waals surface area contributed by atoms with Crippen LogP contribution in [0.2, 0.25) is 0 Å². The predicted octanol–water partition coefficient (Wildman–Crippen LogP) is 5.05.